The third-order valence-electron chi connectivity index (χ3n) is 7.87. The molecule has 5 rings (SSSR count). The summed E-state index contributed by atoms with van der Waals surface area (Å²) in [6.07, 6.45) is 1.91. The van der Waals surface area contributed by atoms with Crippen LogP contribution in [0.2, 0.25) is 25.7 Å². The van der Waals surface area contributed by atoms with Gasteiger partial charge in [-0.05, 0) is 71.8 Å². The normalized spacial score (nSPS) is 18.0. The van der Waals surface area contributed by atoms with Crippen LogP contribution < -0.4 is 4.74 Å². The Morgan fingerprint density at radius 1 is 0.878 bits per heavy atom. The Kier molecular flexibility index (Phi) is 9.55. The predicted molar refractivity (Wildman–Crippen MR) is 167 cm³/mol. The zero-order valence-electron chi connectivity index (χ0n) is 24.6. The van der Waals surface area contributed by atoms with Crippen LogP contribution in [0.1, 0.15) is 29.5 Å². The quantitative estimate of drug-likeness (QED) is 0.0971. The second-order valence-corrected chi connectivity index (χ2v) is 18.0. The highest BCUT2D eigenvalue weighted by atomic mass is 28.3. The van der Waals surface area contributed by atoms with E-state index in [1.165, 1.54) is 5.56 Å². The highest BCUT2D eigenvalue weighted by Gasteiger charge is 2.38. The van der Waals surface area contributed by atoms with Crippen molar-refractivity contribution in [1.29, 1.82) is 0 Å². The maximum Gasteiger partial charge on any atom is 0.189 e. The molecule has 216 valence electrons. The third-order valence-corrected chi connectivity index (χ3v) is 9.57. The number of hydrogen-bond acceptors (Lipinski definition) is 4. The van der Waals surface area contributed by atoms with Crippen molar-refractivity contribution >= 4 is 18.8 Å². The summed E-state index contributed by atoms with van der Waals surface area (Å²) in [6, 6.07) is 31.1. The van der Waals surface area contributed by atoms with Crippen molar-refractivity contribution in [2.24, 2.45) is 0 Å². The van der Waals surface area contributed by atoms with Crippen molar-refractivity contribution in [3.8, 4) is 5.75 Å². The first-order valence-electron chi connectivity index (χ1n) is 14.7. The molecule has 0 bridgehead atoms. The maximum absolute atomic E-state index is 13.9. The van der Waals surface area contributed by atoms with Crippen molar-refractivity contribution in [2.75, 3.05) is 26.5 Å². The van der Waals surface area contributed by atoms with E-state index in [2.05, 4.69) is 73.1 Å². The van der Waals surface area contributed by atoms with Gasteiger partial charge >= 0.3 is 0 Å². The van der Waals surface area contributed by atoms with Gasteiger partial charge in [-0.15, -0.1) is 0 Å². The van der Waals surface area contributed by atoms with Crippen LogP contribution in [-0.4, -0.2) is 39.5 Å². The van der Waals surface area contributed by atoms with Crippen LogP contribution in [0.4, 0.5) is 4.39 Å². The van der Waals surface area contributed by atoms with Gasteiger partial charge in [0.2, 0.25) is 0 Å². The van der Waals surface area contributed by atoms with Gasteiger partial charge in [-0.3, -0.25) is 4.90 Å². The van der Waals surface area contributed by atoms with Crippen molar-refractivity contribution in [1.82, 2.24) is 4.90 Å². The lowest BCUT2D eigenvalue weighted by molar-refractivity contribution is -0.107. The minimum Gasteiger partial charge on any atom is -0.467 e. The number of likely N-dealkylation sites (tertiary alicyclic amines) is 1. The molecule has 41 heavy (non-hydrogen) atoms. The Balaban J connectivity index is 1.29. The van der Waals surface area contributed by atoms with Gasteiger partial charge in [-0.1, -0.05) is 86.4 Å². The molecule has 4 aromatic carbocycles. The summed E-state index contributed by atoms with van der Waals surface area (Å²) in [5.41, 5.74) is 2.91. The Morgan fingerprint density at radius 3 is 2.46 bits per heavy atom. The van der Waals surface area contributed by atoms with Gasteiger partial charge in [0.15, 0.2) is 6.79 Å². The summed E-state index contributed by atoms with van der Waals surface area (Å²) >= 11 is 0. The predicted octanol–water partition coefficient (Wildman–Crippen LogP) is 8.38. The summed E-state index contributed by atoms with van der Waals surface area (Å²) in [6.45, 7) is 11.2. The number of rotatable bonds is 12. The van der Waals surface area contributed by atoms with Crippen LogP contribution >= 0.6 is 0 Å². The first-order chi connectivity index (χ1) is 19.8. The van der Waals surface area contributed by atoms with E-state index in [0.717, 1.165) is 72.8 Å². The lowest BCUT2D eigenvalue weighted by Gasteiger charge is -2.43. The molecule has 1 unspecified atom stereocenters. The van der Waals surface area contributed by atoms with Crippen LogP contribution in [-0.2, 0) is 28.2 Å². The zero-order chi connectivity index (χ0) is 28.7. The molecular formula is C35H42FNO3Si. The van der Waals surface area contributed by atoms with Gasteiger partial charge in [0.05, 0.1) is 6.61 Å². The van der Waals surface area contributed by atoms with Crippen LogP contribution in [0.3, 0.4) is 0 Å². The van der Waals surface area contributed by atoms with Crippen LogP contribution in [0.25, 0.3) is 10.8 Å². The van der Waals surface area contributed by atoms with Gasteiger partial charge in [-0.2, -0.15) is 0 Å². The smallest absolute Gasteiger partial charge is 0.189 e. The van der Waals surface area contributed by atoms with Crippen molar-refractivity contribution in [3.63, 3.8) is 0 Å². The molecule has 0 aromatic heterocycles. The van der Waals surface area contributed by atoms with Gasteiger partial charge in [0.25, 0.3) is 0 Å². The first kappa shape index (κ1) is 29.5. The van der Waals surface area contributed by atoms with Gasteiger partial charge in [-0.25, -0.2) is 4.39 Å². The van der Waals surface area contributed by atoms with E-state index < -0.39 is 13.7 Å². The Bertz CT molecular complexity index is 1410. The molecule has 4 aromatic rings. The molecule has 0 radical (unpaired) electrons. The molecule has 4 nitrogen and oxygen atoms in total. The van der Waals surface area contributed by atoms with E-state index in [-0.39, 0.29) is 12.6 Å². The molecule has 1 heterocycles. The second-order valence-electron chi connectivity index (χ2n) is 12.4. The van der Waals surface area contributed by atoms with Crippen LogP contribution in [0.5, 0.6) is 5.75 Å². The van der Waals surface area contributed by atoms with E-state index in [4.69, 9.17) is 14.2 Å². The number of benzene rings is 4. The fraction of sp³-hybridized carbons (Fsp3) is 0.371. The van der Waals surface area contributed by atoms with Crippen LogP contribution in [0.15, 0.2) is 91.0 Å². The summed E-state index contributed by atoms with van der Waals surface area (Å²) in [5, 5.41) is 2.17. The number of piperidine rings is 1. The lowest BCUT2D eigenvalue weighted by atomic mass is 9.85. The van der Waals surface area contributed by atoms with E-state index in [1.54, 1.807) is 12.1 Å². The van der Waals surface area contributed by atoms with Gasteiger partial charge in [0, 0.05) is 33.2 Å². The fourth-order valence-corrected chi connectivity index (χ4v) is 6.31. The van der Waals surface area contributed by atoms with E-state index in [0.29, 0.717) is 6.61 Å². The fourth-order valence-electron chi connectivity index (χ4n) is 5.56. The molecule has 0 amide bonds. The molecule has 1 atom stereocenters. The lowest BCUT2D eigenvalue weighted by Crippen LogP contribution is -2.47. The van der Waals surface area contributed by atoms with Crippen molar-refractivity contribution < 1.29 is 18.6 Å². The molecule has 1 aliphatic rings. The standard InChI is InChI=1S/C35H42FNO3Si/c1-41(2,3)22-21-38-27-39-34-12-7-11-30-23-29(13-18-33(30)34)25-40-35(31-14-16-32(36)17-15-31)19-8-20-37(26-35)24-28-9-5-4-6-10-28/h4-7,9-18,23H,8,19-22,24-27H2,1-3H3. The molecule has 0 aliphatic carbocycles. The Labute approximate surface area is 245 Å². The Hall–Kier alpha value is -3.03. The van der Waals surface area contributed by atoms with Gasteiger partial charge in [0.1, 0.15) is 17.2 Å². The molecule has 6 heteroatoms. The number of nitrogens with zero attached hydrogens (tertiary/aromatic N) is 1. The number of ether oxygens (including phenoxy) is 3. The van der Waals surface area contributed by atoms with Gasteiger partial charge < -0.3 is 14.2 Å². The molecular weight excluding hydrogens is 529 g/mol. The summed E-state index contributed by atoms with van der Waals surface area (Å²) < 4.78 is 32.5. The van der Waals surface area contributed by atoms with Crippen molar-refractivity contribution in [3.05, 3.63) is 114 Å². The van der Waals surface area contributed by atoms with Crippen molar-refractivity contribution in [2.45, 2.75) is 57.3 Å². The topological polar surface area (TPSA) is 30.9 Å². The average Bonchev–Trinajstić information content (AvgIpc) is 2.96. The highest BCUT2D eigenvalue weighted by molar-refractivity contribution is 6.76. The van der Waals surface area contributed by atoms with E-state index in [1.807, 2.05) is 30.3 Å². The molecule has 0 spiro atoms. The number of hydrogen-bond donors (Lipinski definition) is 0. The third kappa shape index (κ3) is 8.04. The molecule has 1 aliphatic heterocycles. The molecule has 0 N–H and O–H groups in total. The molecule has 1 fully saturated rings. The largest absolute Gasteiger partial charge is 0.467 e. The van der Waals surface area contributed by atoms with Crippen LogP contribution in [0, 0.1) is 5.82 Å². The average molecular weight is 572 g/mol. The highest BCUT2D eigenvalue weighted by Crippen LogP contribution is 2.37. The number of halogens is 1. The Morgan fingerprint density at radius 2 is 1.68 bits per heavy atom. The van der Waals surface area contributed by atoms with E-state index >= 15 is 0 Å². The zero-order valence-corrected chi connectivity index (χ0v) is 25.6. The minimum absolute atomic E-state index is 0.227. The first-order valence-corrected chi connectivity index (χ1v) is 18.4. The number of fused-ring (bicyclic) bond motifs is 1. The van der Waals surface area contributed by atoms with E-state index in [9.17, 15) is 4.39 Å². The molecule has 0 saturated carbocycles. The summed E-state index contributed by atoms with van der Waals surface area (Å²) in [5.74, 6) is 0.601. The SMILES string of the molecule is C[Si](C)(C)CCOCOc1cccc2cc(COC3(c4ccc(F)cc4)CCCN(Cc4ccccc4)C3)ccc12. The maximum atomic E-state index is 13.9. The summed E-state index contributed by atoms with van der Waals surface area (Å²) in [7, 11) is -1.12. The monoisotopic (exact) mass is 571 g/mol. The molecule has 1 saturated heterocycles. The second kappa shape index (κ2) is 13.3. The summed E-state index contributed by atoms with van der Waals surface area (Å²) in [4.78, 5) is 2.46. The minimum atomic E-state index is -1.12.